The smallest absolute Gasteiger partial charge is 0.337 e. The van der Waals surface area contributed by atoms with Crippen LogP contribution in [-0.2, 0) is 0 Å². The molecule has 0 aromatic heterocycles. The molecule has 0 aliphatic heterocycles. The fraction of sp³-hybridized carbons (Fsp3) is 0. The van der Waals surface area contributed by atoms with Crippen LogP contribution in [0.3, 0.4) is 0 Å². The molecule has 2 N–H and O–H groups in total. The third-order valence-corrected chi connectivity index (χ3v) is 0. The molecule has 0 aromatic rings. The minimum atomic E-state index is 0. The van der Waals surface area contributed by atoms with Gasteiger partial charge in [0.15, 0.2) is 6.19 Å². The van der Waals surface area contributed by atoms with Crippen molar-refractivity contribution in [3.63, 3.8) is 0 Å². The number of rotatable bonds is 0. The summed E-state index contributed by atoms with van der Waals surface area (Å²) < 4.78 is 0. The summed E-state index contributed by atoms with van der Waals surface area (Å²) in [6, 6.07) is 0. The molecule has 0 fully saturated rings. The zero-order chi connectivity index (χ0) is 2.71. The van der Waals surface area contributed by atoms with E-state index in [2.05, 4.69) is 5.73 Å². The monoisotopic (exact) mass is 180 g/mol. The molecular formula is CH2BaN2+2. The average Bonchev–Trinajstić information content (AvgIpc) is 0.918. The molecule has 3 heteroatoms. The first kappa shape index (κ1) is 8.85. The second-order valence-electron chi connectivity index (χ2n) is 0.129. The van der Waals surface area contributed by atoms with Gasteiger partial charge in [0, 0.05) is 0 Å². The van der Waals surface area contributed by atoms with Crippen LogP contribution in [-0.4, -0.2) is 48.9 Å². The van der Waals surface area contributed by atoms with Crippen LogP contribution >= 0.6 is 0 Å². The molecule has 4 heavy (non-hydrogen) atoms. The molecule has 0 aliphatic rings. The van der Waals surface area contributed by atoms with E-state index in [1.807, 2.05) is 0 Å². The first-order chi connectivity index (χ1) is 1.41. The number of hydrogen-bond acceptors (Lipinski definition) is 2. The number of nitriles is 1. The summed E-state index contributed by atoms with van der Waals surface area (Å²) in [4.78, 5) is 0. The van der Waals surface area contributed by atoms with Gasteiger partial charge in [-0.1, -0.05) is 0 Å². The first-order valence-electron chi connectivity index (χ1n) is 0.512. The van der Waals surface area contributed by atoms with Gasteiger partial charge in [-0.15, -0.1) is 0 Å². The molecule has 2 nitrogen and oxygen atoms in total. The van der Waals surface area contributed by atoms with Crippen molar-refractivity contribution >= 4 is 48.9 Å². The van der Waals surface area contributed by atoms with E-state index in [4.69, 9.17) is 5.26 Å². The molecule has 0 saturated carbocycles. The molecule has 0 bridgehead atoms. The summed E-state index contributed by atoms with van der Waals surface area (Å²) in [6.45, 7) is 0. The Kier molecular flexibility index (Phi) is 20.2. The van der Waals surface area contributed by atoms with Gasteiger partial charge in [0.1, 0.15) is 0 Å². The quantitative estimate of drug-likeness (QED) is 0.296. The Balaban J connectivity index is 0. The Morgan fingerprint density at radius 2 is 1.75 bits per heavy atom. The molecule has 0 unspecified atom stereocenters. The summed E-state index contributed by atoms with van der Waals surface area (Å²) in [5, 5.41) is 7.10. The van der Waals surface area contributed by atoms with Gasteiger partial charge in [-0.05, 0) is 0 Å². The molecule has 0 atom stereocenters. The molecule has 0 amide bonds. The number of nitrogens with zero attached hydrogens (tertiary/aromatic N) is 1. The largest absolute Gasteiger partial charge is 2.00 e. The van der Waals surface area contributed by atoms with Crippen LogP contribution in [0.2, 0.25) is 0 Å². The van der Waals surface area contributed by atoms with E-state index in [-0.39, 0.29) is 48.9 Å². The predicted octanol–water partition coefficient (Wildman–Crippen LogP) is -0.955. The molecule has 16 valence electrons. The second kappa shape index (κ2) is 9.12. The third kappa shape index (κ3) is 13.4. The van der Waals surface area contributed by atoms with Crippen molar-refractivity contribution in [1.29, 1.82) is 5.26 Å². The molecular weight excluding hydrogens is 177 g/mol. The van der Waals surface area contributed by atoms with Gasteiger partial charge in [-0.2, -0.15) is 5.26 Å². The van der Waals surface area contributed by atoms with E-state index in [1.165, 1.54) is 6.19 Å². The Morgan fingerprint density at radius 3 is 1.75 bits per heavy atom. The zero-order valence-corrected chi connectivity index (χ0v) is 6.67. The maximum atomic E-state index is 7.10. The van der Waals surface area contributed by atoms with Crippen molar-refractivity contribution in [2.45, 2.75) is 0 Å². The third-order valence-electron chi connectivity index (χ3n) is 0. The Morgan fingerprint density at radius 1 is 1.75 bits per heavy atom. The fourth-order valence-electron chi connectivity index (χ4n) is 0. The fourth-order valence-corrected chi connectivity index (χ4v) is 0. The van der Waals surface area contributed by atoms with Gasteiger partial charge in [0.05, 0.1) is 0 Å². The molecule has 0 aliphatic carbocycles. The normalized spacial score (nSPS) is 1.75. The van der Waals surface area contributed by atoms with Gasteiger partial charge in [0.2, 0.25) is 0 Å². The average molecular weight is 179 g/mol. The Hall–Kier alpha value is 0.861. The molecule has 0 spiro atoms. The second-order valence-corrected chi connectivity index (χ2v) is 0.129. The van der Waals surface area contributed by atoms with Crippen molar-refractivity contribution in [1.82, 2.24) is 0 Å². The van der Waals surface area contributed by atoms with Gasteiger partial charge in [-0.3, -0.25) is 0 Å². The molecule has 0 aromatic carbocycles. The Bertz CT molecular complexity index is 27.5. The van der Waals surface area contributed by atoms with Crippen LogP contribution < -0.4 is 5.73 Å². The summed E-state index contributed by atoms with van der Waals surface area (Å²) in [5.41, 5.74) is 4.15. The summed E-state index contributed by atoms with van der Waals surface area (Å²) >= 11 is 0. The summed E-state index contributed by atoms with van der Waals surface area (Å²) in [7, 11) is 0. The van der Waals surface area contributed by atoms with Crippen LogP contribution in [0, 0.1) is 11.5 Å². The predicted molar refractivity (Wildman–Crippen MR) is 15.6 cm³/mol. The maximum absolute atomic E-state index is 7.10. The standard InChI is InChI=1S/CH2N2.Ba/c2-1-3;/h2H2;/q;+2. The number of hydrogen-bond donors (Lipinski definition) is 1. The van der Waals surface area contributed by atoms with E-state index in [9.17, 15) is 0 Å². The van der Waals surface area contributed by atoms with Gasteiger partial charge in [-0.25, -0.2) is 0 Å². The minimum absolute atomic E-state index is 0. The minimum Gasteiger partial charge on any atom is -0.337 e. The van der Waals surface area contributed by atoms with Gasteiger partial charge < -0.3 is 5.73 Å². The first-order valence-corrected chi connectivity index (χ1v) is 0.512. The van der Waals surface area contributed by atoms with E-state index in [1.54, 1.807) is 0 Å². The SMILES string of the molecule is N#CN.[Ba+2]. The summed E-state index contributed by atoms with van der Waals surface area (Å²) in [6.07, 6.45) is 1.25. The van der Waals surface area contributed by atoms with Crippen molar-refractivity contribution in [3.05, 3.63) is 0 Å². The van der Waals surface area contributed by atoms with Crippen molar-refractivity contribution in [3.8, 4) is 6.19 Å². The van der Waals surface area contributed by atoms with Crippen molar-refractivity contribution in [2.75, 3.05) is 0 Å². The van der Waals surface area contributed by atoms with Gasteiger partial charge in [0.25, 0.3) is 0 Å². The van der Waals surface area contributed by atoms with Crippen molar-refractivity contribution < 1.29 is 0 Å². The Labute approximate surface area is 65.0 Å². The van der Waals surface area contributed by atoms with Crippen LogP contribution in [0.25, 0.3) is 0 Å². The van der Waals surface area contributed by atoms with Crippen LogP contribution in [0.4, 0.5) is 0 Å². The van der Waals surface area contributed by atoms with Crippen molar-refractivity contribution in [2.24, 2.45) is 5.73 Å². The topological polar surface area (TPSA) is 49.8 Å². The molecule has 0 rings (SSSR count). The molecule has 0 radical (unpaired) electrons. The maximum Gasteiger partial charge on any atom is 2.00 e. The van der Waals surface area contributed by atoms with E-state index in [0.717, 1.165) is 0 Å². The molecule has 0 saturated heterocycles. The van der Waals surface area contributed by atoms with Crippen LogP contribution in [0.5, 0.6) is 0 Å². The van der Waals surface area contributed by atoms with E-state index < -0.39 is 0 Å². The van der Waals surface area contributed by atoms with E-state index in [0.29, 0.717) is 0 Å². The summed E-state index contributed by atoms with van der Waals surface area (Å²) in [5.74, 6) is 0. The van der Waals surface area contributed by atoms with Crippen LogP contribution in [0.15, 0.2) is 0 Å². The van der Waals surface area contributed by atoms with Crippen LogP contribution in [0.1, 0.15) is 0 Å². The zero-order valence-electron chi connectivity index (χ0n) is 2.23. The molecule has 0 heterocycles. The van der Waals surface area contributed by atoms with Gasteiger partial charge >= 0.3 is 48.9 Å². The van der Waals surface area contributed by atoms with E-state index >= 15 is 0 Å². The number of nitrogens with two attached hydrogens (primary N) is 1.